The van der Waals surface area contributed by atoms with Crippen molar-refractivity contribution in [3.05, 3.63) is 83.2 Å². The first-order chi connectivity index (χ1) is 12.7. The summed E-state index contributed by atoms with van der Waals surface area (Å²) < 4.78 is 7.30. The molecule has 0 unspecified atom stereocenters. The molecule has 3 aromatic rings. The highest BCUT2D eigenvalue weighted by atomic mass is 16.5. The lowest BCUT2D eigenvalue weighted by Gasteiger charge is -2.15. The molecule has 2 aromatic carbocycles. The molecule has 0 N–H and O–H groups in total. The van der Waals surface area contributed by atoms with Gasteiger partial charge in [-0.15, -0.1) is 0 Å². The highest BCUT2D eigenvalue weighted by Crippen LogP contribution is 2.33. The van der Waals surface area contributed by atoms with Gasteiger partial charge in [-0.1, -0.05) is 60.2 Å². The molecule has 3 heteroatoms. The number of benzene rings is 2. The molecule has 0 saturated carbocycles. The first-order valence-corrected chi connectivity index (χ1v) is 9.23. The van der Waals surface area contributed by atoms with Crippen molar-refractivity contribution in [3.8, 4) is 11.1 Å². The number of ether oxygens (including phenoxy) is 1. The Bertz CT molecular complexity index is 907. The number of fused-ring (bicyclic) bond motifs is 1. The minimum Gasteiger partial charge on any atom is -0.444 e. The highest BCUT2D eigenvalue weighted by Gasteiger charge is 2.23. The van der Waals surface area contributed by atoms with Crippen molar-refractivity contribution in [2.75, 3.05) is 0 Å². The van der Waals surface area contributed by atoms with E-state index in [9.17, 15) is 4.79 Å². The molecule has 0 bridgehead atoms. The Labute approximate surface area is 154 Å². The van der Waals surface area contributed by atoms with Crippen molar-refractivity contribution < 1.29 is 9.53 Å². The van der Waals surface area contributed by atoms with E-state index >= 15 is 0 Å². The second kappa shape index (κ2) is 7.20. The van der Waals surface area contributed by atoms with Crippen molar-refractivity contribution in [2.24, 2.45) is 0 Å². The summed E-state index contributed by atoms with van der Waals surface area (Å²) in [6, 6.07) is 18.3. The van der Waals surface area contributed by atoms with Crippen LogP contribution in [0.5, 0.6) is 0 Å². The van der Waals surface area contributed by atoms with E-state index in [1.807, 2.05) is 36.5 Å². The first kappa shape index (κ1) is 16.6. The summed E-state index contributed by atoms with van der Waals surface area (Å²) in [4.78, 5) is 12.7. The van der Waals surface area contributed by atoms with Crippen LogP contribution >= 0.6 is 0 Å². The number of aromatic nitrogens is 1. The molecule has 0 fully saturated rings. The first-order valence-electron chi connectivity index (χ1n) is 9.23. The lowest BCUT2D eigenvalue weighted by atomic mass is 9.92. The van der Waals surface area contributed by atoms with Crippen LogP contribution in [0.1, 0.15) is 35.2 Å². The van der Waals surface area contributed by atoms with E-state index < -0.39 is 0 Å². The van der Waals surface area contributed by atoms with Gasteiger partial charge in [0.15, 0.2) is 0 Å². The minimum atomic E-state index is -0.287. The van der Waals surface area contributed by atoms with Gasteiger partial charge in [0, 0.05) is 17.5 Å². The van der Waals surface area contributed by atoms with E-state index in [0.29, 0.717) is 6.61 Å². The number of hydrogen-bond acceptors (Lipinski definition) is 2. The van der Waals surface area contributed by atoms with Gasteiger partial charge in [-0.3, -0.25) is 4.57 Å². The summed E-state index contributed by atoms with van der Waals surface area (Å²) in [5.74, 6) is 0. The second-order valence-corrected chi connectivity index (χ2v) is 6.95. The van der Waals surface area contributed by atoms with E-state index in [2.05, 4.69) is 31.2 Å². The number of carbonyl (C=O) groups excluding carboxylic acids is 1. The average molecular weight is 345 g/mol. The number of nitrogens with zero attached hydrogens (tertiary/aromatic N) is 1. The molecule has 1 aromatic heterocycles. The molecule has 1 aliphatic carbocycles. The number of carbonyl (C=O) groups is 1. The van der Waals surface area contributed by atoms with Crippen molar-refractivity contribution in [2.45, 2.75) is 39.2 Å². The number of hydrogen-bond donors (Lipinski definition) is 0. The molecule has 132 valence electrons. The van der Waals surface area contributed by atoms with Gasteiger partial charge in [-0.2, -0.15) is 0 Å². The zero-order chi connectivity index (χ0) is 17.9. The third-order valence-corrected chi connectivity index (χ3v) is 5.08. The Hall–Kier alpha value is -2.81. The molecular weight excluding hydrogens is 322 g/mol. The maximum absolute atomic E-state index is 12.7. The topological polar surface area (TPSA) is 31.2 Å². The van der Waals surface area contributed by atoms with Crippen LogP contribution < -0.4 is 0 Å². The fourth-order valence-corrected chi connectivity index (χ4v) is 3.66. The third kappa shape index (κ3) is 3.30. The van der Waals surface area contributed by atoms with E-state index in [0.717, 1.165) is 36.1 Å². The van der Waals surface area contributed by atoms with Crippen LogP contribution in [0.3, 0.4) is 0 Å². The van der Waals surface area contributed by atoms with Gasteiger partial charge in [0.1, 0.15) is 6.61 Å². The van der Waals surface area contributed by atoms with Crippen LogP contribution in [0.2, 0.25) is 0 Å². The average Bonchev–Trinajstić information content (AvgIpc) is 3.07. The normalized spacial score (nSPS) is 13.3. The van der Waals surface area contributed by atoms with Crippen molar-refractivity contribution in [3.63, 3.8) is 0 Å². The predicted molar refractivity (Wildman–Crippen MR) is 103 cm³/mol. The summed E-state index contributed by atoms with van der Waals surface area (Å²) in [6.45, 7) is 2.39. The van der Waals surface area contributed by atoms with Gasteiger partial charge in [-0.05, 0) is 49.3 Å². The molecule has 0 spiro atoms. The molecule has 3 nitrogen and oxygen atoms in total. The van der Waals surface area contributed by atoms with Crippen LogP contribution in [-0.2, 0) is 24.2 Å². The molecule has 4 rings (SSSR count). The van der Waals surface area contributed by atoms with Gasteiger partial charge in [0.05, 0.1) is 0 Å². The van der Waals surface area contributed by atoms with E-state index in [1.165, 1.54) is 23.1 Å². The quantitative estimate of drug-likeness (QED) is 0.625. The third-order valence-electron chi connectivity index (χ3n) is 5.08. The summed E-state index contributed by atoms with van der Waals surface area (Å²) in [6.07, 6.45) is 5.93. The fourth-order valence-electron chi connectivity index (χ4n) is 3.66. The Balaban J connectivity index is 1.63. The summed E-state index contributed by atoms with van der Waals surface area (Å²) >= 11 is 0. The van der Waals surface area contributed by atoms with E-state index in [4.69, 9.17) is 4.74 Å². The smallest absolute Gasteiger partial charge is 0.418 e. The van der Waals surface area contributed by atoms with Crippen LogP contribution in [-0.4, -0.2) is 10.7 Å². The fraction of sp³-hybridized carbons (Fsp3) is 0.261. The second-order valence-electron chi connectivity index (χ2n) is 6.95. The van der Waals surface area contributed by atoms with Crippen LogP contribution in [0, 0.1) is 6.92 Å². The SMILES string of the molecule is Cc1ccc(-c2cn(C(=O)OCc3ccccc3)c3c2CCCC3)cc1. The van der Waals surface area contributed by atoms with E-state index in [1.54, 1.807) is 4.57 Å². The van der Waals surface area contributed by atoms with Gasteiger partial charge >= 0.3 is 6.09 Å². The molecule has 0 aliphatic heterocycles. The molecule has 0 atom stereocenters. The standard InChI is InChI=1S/C23H23NO2/c1-17-11-13-19(14-12-17)21-15-24(22-10-6-5-9-20(21)22)23(25)26-16-18-7-3-2-4-8-18/h2-4,7-8,11-15H,5-6,9-10,16H2,1H3. The molecule has 0 radical (unpaired) electrons. The van der Waals surface area contributed by atoms with E-state index in [-0.39, 0.29) is 6.09 Å². The van der Waals surface area contributed by atoms with Crippen LogP contribution in [0.15, 0.2) is 60.8 Å². The Morgan fingerprint density at radius 1 is 1.00 bits per heavy atom. The van der Waals surface area contributed by atoms with Crippen molar-refractivity contribution >= 4 is 6.09 Å². The predicted octanol–water partition coefficient (Wildman–Crippen LogP) is 5.53. The Kier molecular flexibility index (Phi) is 4.61. The summed E-state index contributed by atoms with van der Waals surface area (Å²) in [5.41, 5.74) is 6.99. The maximum atomic E-state index is 12.7. The summed E-state index contributed by atoms with van der Waals surface area (Å²) in [5, 5.41) is 0. The zero-order valence-electron chi connectivity index (χ0n) is 15.1. The molecule has 1 heterocycles. The zero-order valence-corrected chi connectivity index (χ0v) is 15.1. The van der Waals surface area contributed by atoms with Crippen LogP contribution in [0.4, 0.5) is 4.79 Å². The van der Waals surface area contributed by atoms with Gasteiger partial charge in [0.2, 0.25) is 0 Å². The Morgan fingerprint density at radius 2 is 1.73 bits per heavy atom. The lowest BCUT2D eigenvalue weighted by molar-refractivity contribution is 0.140. The molecule has 26 heavy (non-hydrogen) atoms. The molecule has 0 amide bonds. The summed E-state index contributed by atoms with van der Waals surface area (Å²) in [7, 11) is 0. The molecule has 1 aliphatic rings. The monoisotopic (exact) mass is 345 g/mol. The Morgan fingerprint density at radius 3 is 2.50 bits per heavy atom. The maximum Gasteiger partial charge on any atom is 0.418 e. The minimum absolute atomic E-state index is 0.287. The van der Waals surface area contributed by atoms with Crippen molar-refractivity contribution in [1.82, 2.24) is 4.57 Å². The van der Waals surface area contributed by atoms with Gasteiger partial charge in [0.25, 0.3) is 0 Å². The van der Waals surface area contributed by atoms with Crippen LogP contribution in [0.25, 0.3) is 11.1 Å². The largest absolute Gasteiger partial charge is 0.444 e. The van der Waals surface area contributed by atoms with Gasteiger partial charge < -0.3 is 4.74 Å². The van der Waals surface area contributed by atoms with Crippen molar-refractivity contribution in [1.29, 1.82) is 0 Å². The van der Waals surface area contributed by atoms with Gasteiger partial charge in [-0.25, -0.2) is 4.79 Å². The lowest BCUT2D eigenvalue weighted by Crippen LogP contribution is -2.17. The molecule has 0 saturated heterocycles. The number of aryl methyl sites for hydroxylation is 1. The number of rotatable bonds is 3. The molecular formula is C23H23NO2. The highest BCUT2D eigenvalue weighted by molar-refractivity contribution is 5.78.